The number of benzene rings is 1. The second-order valence-corrected chi connectivity index (χ2v) is 4.13. The van der Waals surface area contributed by atoms with E-state index in [-0.39, 0.29) is 6.54 Å². The third kappa shape index (κ3) is 4.91. The van der Waals surface area contributed by atoms with Gasteiger partial charge < -0.3 is 10.2 Å². The summed E-state index contributed by atoms with van der Waals surface area (Å²) in [6, 6.07) is 4.27. The van der Waals surface area contributed by atoms with E-state index in [0.717, 1.165) is 0 Å². The molecule has 0 aromatic heterocycles. The van der Waals surface area contributed by atoms with Gasteiger partial charge in [0.2, 0.25) is 0 Å². The van der Waals surface area contributed by atoms with Crippen LogP contribution in [0.4, 0.5) is 23.2 Å². The van der Waals surface area contributed by atoms with Gasteiger partial charge in [-0.25, -0.2) is 4.39 Å². The maximum atomic E-state index is 13.3. The Morgan fingerprint density at radius 2 is 1.89 bits per heavy atom. The molecule has 0 aliphatic rings. The van der Waals surface area contributed by atoms with Crippen LogP contribution in [-0.4, -0.2) is 26.8 Å². The standard InChI is InChI=1S/C12H16F4N2/c1-17-8-9-5-10(13)7-11(6-9)18(2)4-3-12(14,15)16/h5-7,17H,3-4,8H2,1-2H3. The van der Waals surface area contributed by atoms with Crippen molar-refractivity contribution in [3.63, 3.8) is 0 Å². The van der Waals surface area contributed by atoms with Gasteiger partial charge in [0.25, 0.3) is 0 Å². The first-order valence-electron chi connectivity index (χ1n) is 5.54. The average molecular weight is 264 g/mol. The zero-order valence-electron chi connectivity index (χ0n) is 10.3. The smallest absolute Gasteiger partial charge is 0.374 e. The first-order chi connectivity index (χ1) is 8.31. The molecule has 0 heterocycles. The highest BCUT2D eigenvalue weighted by Gasteiger charge is 2.27. The maximum absolute atomic E-state index is 13.3. The molecule has 1 N–H and O–H groups in total. The Balaban J connectivity index is 2.75. The van der Waals surface area contributed by atoms with Crippen LogP contribution in [0.25, 0.3) is 0 Å². The predicted octanol–water partition coefficient (Wildman–Crippen LogP) is 2.93. The molecular weight excluding hydrogens is 248 g/mol. The zero-order valence-corrected chi connectivity index (χ0v) is 10.3. The molecule has 0 saturated heterocycles. The molecule has 0 spiro atoms. The fourth-order valence-corrected chi connectivity index (χ4v) is 1.58. The number of halogens is 4. The molecule has 18 heavy (non-hydrogen) atoms. The number of anilines is 1. The summed E-state index contributed by atoms with van der Waals surface area (Å²) in [5.41, 5.74) is 1.15. The van der Waals surface area contributed by atoms with Gasteiger partial charge in [-0.1, -0.05) is 0 Å². The summed E-state index contributed by atoms with van der Waals surface area (Å²) in [7, 11) is 3.24. The zero-order chi connectivity index (χ0) is 13.8. The Morgan fingerprint density at radius 1 is 1.22 bits per heavy atom. The summed E-state index contributed by atoms with van der Waals surface area (Å²) in [5.74, 6) is -0.448. The van der Waals surface area contributed by atoms with Crippen molar-refractivity contribution in [2.45, 2.75) is 19.1 Å². The van der Waals surface area contributed by atoms with Crippen molar-refractivity contribution in [2.24, 2.45) is 0 Å². The predicted molar refractivity (Wildman–Crippen MR) is 63.1 cm³/mol. The highest BCUT2D eigenvalue weighted by Crippen LogP contribution is 2.23. The SMILES string of the molecule is CNCc1cc(F)cc(N(C)CCC(F)(F)F)c1. The molecule has 0 bridgehead atoms. The lowest BCUT2D eigenvalue weighted by atomic mass is 10.1. The molecule has 0 aliphatic carbocycles. The highest BCUT2D eigenvalue weighted by molar-refractivity contribution is 5.48. The molecule has 102 valence electrons. The van der Waals surface area contributed by atoms with Crippen LogP contribution < -0.4 is 10.2 Å². The number of nitrogens with one attached hydrogen (secondary N) is 1. The fraction of sp³-hybridized carbons (Fsp3) is 0.500. The fourth-order valence-electron chi connectivity index (χ4n) is 1.58. The van der Waals surface area contributed by atoms with Crippen LogP contribution in [0.2, 0.25) is 0 Å². The number of hydrogen-bond donors (Lipinski definition) is 1. The Labute approximate surface area is 104 Å². The summed E-state index contributed by atoms with van der Waals surface area (Å²) in [6.07, 6.45) is -5.11. The second kappa shape index (κ2) is 6.04. The first-order valence-corrected chi connectivity index (χ1v) is 5.54. The van der Waals surface area contributed by atoms with Crippen molar-refractivity contribution >= 4 is 5.69 Å². The molecule has 2 nitrogen and oxygen atoms in total. The number of rotatable bonds is 5. The summed E-state index contributed by atoms with van der Waals surface area (Å²) in [6.45, 7) is 0.282. The van der Waals surface area contributed by atoms with Crippen molar-refractivity contribution in [3.8, 4) is 0 Å². The van der Waals surface area contributed by atoms with E-state index < -0.39 is 18.4 Å². The van der Waals surface area contributed by atoms with Crippen LogP contribution >= 0.6 is 0 Å². The normalized spacial score (nSPS) is 11.7. The minimum Gasteiger partial charge on any atom is -0.374 e. The van der Waals surface area contributed by atoms with Gasteiger partial charge in [0.05, 0.1) is 6.42 Å². The average Bonchev–Trinajstić information content (AvgIpc) is 2.24. The summed E-state index contributed by atoms with van der Waals surface area (Å²) in [4.78, 5) is 1.40. The van der Waals surface area contributed by atoms with E-state index in [1.165, 1.54) is 24.1 Å². The maximum Gasteiger partial charge on any atom is 0.390 e. The van der Waals surface area contributed by atoms with Crippen LogP contribution in [-0.2, 0) is 6.54 Å². The number of nitrogens with zero attached hydrogens (tertiary/aromatic N) is 1. The Hall–Kier alpha value is -1.30. The quantitative estimate of drug-likeness (QED) is 0.823. The van der Waals surface area contributed by atoms with Gasteiger partial charge in [0.1, 0.15) is 5.82 Å². The van der Waals surface area contributed by atoms with E-state index >= 15 is 0 Å². The van der Waals surface area contributed by atoms with E-state index in [2.05, 4.69) is 5.32 Å². The van der Waals surface area contributed by atoms with Crippen LogP contribution in [0.3, 0.4) is 0 Å². The van der Waals surface area contributed by atoms with Gasteiger partial charge in [0, 0.05) is 25.8 Å². The van der Waals surface area contributed by atoms with E-state index in [0.29, 0.717) is 17.8 Å². The van der Waals surface area contributed by atoms with E-state index in [1.54, 1.807) is 13.1 Å². The molecule has 1 aromatic rings. The number of alkyl halides is 3. The van der Waals surface area contributed by atoms with Crippen molar-refractivity contribution < 1.29 is 17.6 Å². The third-order valence-electron chi connectivity index (χ3n) is 2.49. The van der Waals surface area contributed by atoms with Crippen molar-refractivity contribution in [3.05, 3.63) is 29.6 Å². The molecule has 0 radical (unpaired) electrons. The molecule has 0 fully saturated rings. The summed E-state index contributed by atoms with van der Waals surface area (Å²) in [5, 5.41) is 2.87. The molecule has 0 amide bonds. The molecule has 1 aromatic carbocycles. The topological polar surface area (TPSA) is 15.3 Å². The molecule has 0 unspecified atom stereocenters. The number of hydrogen-bond acceptors (Lipinski definition) is 2. The van der Waals surface area contributed by atoms with E-state index in [9.17, 15) is 17.6 Å². The molecule has 1 rings (SSSR count). The Morgan fingerprint density at radius 3 is 2.44 bits per heavy atom. The monoisotopic (exact) mass is 264 g/mol. The van der Waals surface area contributed by atoms with Gasteiger partial charge in [-0.15, -0.1) is 0 Å². The van der Waals surface area contributed by atoms with Gasteiger partial charge in [-0.05, 0) is 30.8 Å². The highest BCUT2D eigenvalue weighted by atomic mass is 19.4. The minimum absolute atomic E-state index is 0.189. The first kappa shape index (κ1) is 14.8. The van der Waals surface area contributed by atoms with Crippen LogP contribution in [0, 0.1) is 5.82 Å². The Kier molecular flexibility index (Phi) is 4.95. The molecule has 0 saturated carbocycles. The van der Waals surface area contributed by atoms with Crippen molar-refractivity contribution in [1.29, 1.82) is 0 Å². The molecule has 0 aliphatic heterocycles. The van der Waals surface area contributed by atoms with Gasteiger partial charge in [-0.2, -0.15) is 13.2 Å². The van der Waals surface area contributed by atoms with Crippen LogP contribution in [0.5, 0.6) is 0 Å². The lowest BCUT2D eigenvalue weighted by molar-refractivity contribution is -0.132. The van der Waals surface area contributed by atoms with E-state index in [1.807, 2.05) is 0 Å². The molecular formula is C12H16F4N2. The second-order valence-electron chi connectivity index (χ2n) is 4.13. The van der Waals surface area contributed by atoms with Crippen LogP contribution in [0.1, 0.15) is 12.0 Å². The summed E-state index contributed by atoms with van der Waals surface area (Å²) >= 11 is 0. The Bertz CT molecular complexity index is 390. The lowest BCUT2D eigenvalue weighted by Crippen LogP contribution is -2.24. The van der Waals surface area contributed by atoms with Crippen molar-refractivity contribution in [1.82, 2.24) is 5.32 Å². The van der Waals surface area contributed by atoms with Crippen LogP contribution in [0.15, 0.2) is 18.2 Å². The van der Waals surface area contributed by atoms with Crippen molar-refractivity contribution in [2.75, 3.05) is 25.5 Å². The summed E-state index contributed by atoms with van der Waals surface area (Å²) < 4.78 is 49.6. The van der Waals surface area contributed by atoms with E-state index in [4.69, 9.17) is 0 Å². The van der Waals surface area contributed by atoms with Gasteiger partial charge in [-0.3, -0.25) is 0 Å². The minimum atomic E-state index is -4.20. The van der Waals surface area contributed by atoms with Gasteiger partial charge in [0.15, 0.2) is 0 Å². The third-order valence-corrected chi connectivity index (χ3v) is 2.49. The molecule has 6 heteroatoms. The largest absolute Gasteiger partial charge is 0.390 e. The van der Waals surface area contributed by atoms with Gasteiger partial charge >= 0.3 is 6.18 Å². The lowest BCUT2D eigenvalue weighted by Gasteiger charge is -2.21. The molecule has 0 atom stereocenters.